The van der Waals surface area contributed by atoms with Crippen molar-refractivity contribution in [2.24, 2.45) is 4.99 Å². The van der Waals surface area contributed by atoms with Crippen molar-refractivity contribution < 1.29 is 27.4 Å². The van der Waals surface area contributed by atoms with E-state index in [4.69, 9.17) is 9.47 Å². The van der Waals surface area contributed by atoms with Crippen LogP contribution in [0, 0.1) is 0 Å². The van der Waals surface area contributed by atoms with Crippen LogP contribution >= 0.6 is 0 Å². The Morgan fingerprint density at radius 1 is 1.10 bits per heavy atom. The molecule has 0 radical (unpaired) electrons. The van der Waals surface area contributed by atoms with Gasteiger partial charge in [-0.3, -0.25) is 0 Å². The van der Waals surface area contributed by atoms with Gasteiger partial charge in [0, 0.05) is 19.6 Å². The number of halogens is 3. The smallest absolute Gasteiger partial charge is 0.422 e. The summed E-state index contributed by atoms with van der Waals surface area (Å²) in [7, 11) is 0. The molecule has 7 nitrogen and oxygen atoms in total. The van der Waals surface area contributed by atoms with Gasteiger partial charge >= 0.3 is 12.3 Å². The number of alkyl halides is 3. The number of carbonyl (C=O) groups excluding carboxylic acids is 1. The minimum Gasteiger partial charge on any atom is -0.484 e. The molecule has 0 saturated heterocycles. The van der Waals surface area contributed by atoms with E-state index in [1.54, 1.807) is 32.9 Å². The summed E-state index contributed by atoms with van der Waals surface area (Å²) in [5, 5.41) is 8.74. The average Bonchev–Trinajstić information content (AvgIpc) is 2.59. The summed E-state index contributed by atoms with van der Waals surface area (Å²) in [6, 6.07) is 6.34. The first-order chi connectivity index (χ1) is 13.5. The molecule has 0 heterocycles. The van der Waals surface area contributed by atoms with Crippen LogP contribution in [0.5, 0.6) is 5.75 Å². The molecule has 164 valence electrons. The molecule has 1 aromatic rings. The van der Waals surface area contributed by atoms with Crippen molar-refractivity contribution in [3.63, 3.8) is 0 Å². The van der Waals surface area contributed by atoms with Crippen LogP contribution in [-0.4, -0.2) is 50.1 Å². The maximum absolute atomic E-state index is 12.3. The lowest BCUT2D eigenvalue weighted by molar-refractivity contribution is -0.153. The summed E-state index contributed by atoms with van der Waals surface area (Å²) in [5.41, 5.74) is 0.139. The Hall–Kier alpha value is -2.65. The van der Waals surface area contributed by atoms with Gasteiger partial charge < -0.3 is 25.4 Å². The summed E-state index contributed by atoms with van der Waals surface area (Å²) >= 11 is 0. The minimum atomic E-state index is -4.39. The molecule has 3 N–H and O–H groups in total. The third-order valence-corrected chi connectivity index (χ3v) is 3.15. The van der Waals surface area contributed by atoms with Crippen LogP contribution in [0.15, 0.2) is 29.3 Å². The number of nitrogens with one attached hydrogen (secondary N) is 3. The van der Waals surface area contributed by atoms with E-state index in [-0.39, 0.29) is 12.3 Å². The fourth-order valence-electron chi connectivity index (χ4n) is 2.07. The van der Waals surface area contributed by atoms with Crippen LogP contribution < -0.4 is 20.7 Å². The van der Waals surface area contributed by atoms with Crippen molar-refractivity contribution in [1.29, 1.82) is 0 Å². The number of carbonyl (C=O) groups is 1. The van der Waals surface area contributed by atoms with E-state index < -0.39 is 24.5 Å². The third kappa shape index (κ3) is 12.4. The van der Waals surface area contributed by atoms with Gasteiger partial charge in [-0.25, -0.2) is 9.79 Å². The molecule has 0 aromatic heterocycles. The van der Waals surface area contributed by atoms with E-state index in [0.717, 1.165) is 0 Å². The Morgan fingerprint density at radius 3 is 2.41 bits per heavy atom. The molecule has 29 heavy (non-hydrogen) atoms. The first-order valence-corrected chi connectivity index (χ1v) is 9.26. The summed E-state index contributed by atoms with van der Waals surface area (Å²) in [6.45, 7) is 7.53. The van der Waals surface area contributed by atoms with Crippen LogP contribution in [0.2, 0.25) is 0 Å². The summed E-state index contributed by atoms with van der Waals surface area (Å²) in [4.78, 5) is 16.0. The second-order valence-corrected chi connectivity index (χ2v) is 7.10. The number of hydrogen-bond donors (Lipinski definition) is 3. The van der Waals surface area contributed by atoms with Gasteiger partial charge in [0.15, 0.2) is 12.6 Å². The van der Waals surface area contributed by atoms with Crippen LogP contribution in [0.4, 0.5) is 18.0 Å². The molecule has 0 aliphatic heterocycles. The molecular formula is C19H29F3N4O3. The summed E-state index contributed by atoms with van der Waals surface area (Å²) < 4.78 is 46.7. The Labute approximate surface area is 169 Å². The van der Waals surface area contributed by atoms with E-state index in [0.29, 0.717) is 31.2 Å². The lowest BCUT2D eigenvalue weighted by Gasteiger charge is -2.19. The fraction of sp³-hybridized carbons (Fsp3) is 0.579. The van der Waals surface area contributed by atoms with E-state index >= 15 is 0 Å². The first kappa shape index (κ1) is 24.4. The molecule has 0 spiro atoms. The number of guanidine groups is 1. The maximum Gasteiger partial charge on any atom is 0.422 e. The fourth-order valence-corrected chi connectivity index (χ4v) is 2.07. The standard InChI is InChI=1S/C19H29F3N4O3/c1-5-23-16(24-9-10-25-17(27)29-18(2,3)4)26-12-14-7-6-8-15(11-14)28-13-19(20,21)22/h6-8,11H,5,9-10,12-13H2,1-4H3,(H,25,27)(H2,23,24,26). The highest BCUT2D eigenvalue weighted by atomic mass is 19.4. The molecule has 0 atom stereocenters. The molecule has 0 unspecified atom stereocenters. The van der Waals surface area contributed by atoms with Crippen molar-refractivity contribution in [2.75, 3.05) is 26.2 Å². The summed E-state index contributed by atoms with van der Waals surface area (Å²) in [5.74, 6) is 0.648. The number of hydrogen-bond acceptors (Lipinski definition) is 4. The van der Waals surface area contributed by atoms with E-state index in [1.807, 2.05) is 6.92 Å². The number of alkyl carbamates (subject to hydrolysis) is 1. The molecular weight excluding hydrogens is 389 g/mol. The predicted octanol–water partition coefficient (Wildman–Crippen LogP) is 3.21. The van der Waals surface area contributed by atoms with Gasteiger partial charge in [-0.2, -0.15) is 13.2 Å². The lowest BCUT2D eigenvalue weighted by atomic mass is 10.2. The molecule has 0 saturated carbocycles. The van der Waals surface area contributed by atoms with E-state index in [2.05, 4.69) is 20.9 Å². The normalized spacial score (nSPS) is 12.3. The number of nitrogens with zero attached hydrogens (tertiary/aromatic N) is 1. The zero-order valence-electron chi connectivity index (χ0n) is 17.2. The molecule has 1 amide bonds. The number of benzene rings is 1. The van der Waals surface area contributed by atoms with Gasteiger partial charge in [0.25, 0.3) is 0 Å². The van der Waals surface area contributed by atoms with Crippen molar-refractivity contribution in [3.05, 3.63) is 29.8 Å². The van der Waals surface area contributed by atoms with Crippen LogP contribution in [0.25, 0.3) is 0 Å². The number of amides is 1. The Bertz CT molecular complexity index is 673. The summed E-state index contributed by atoms with van der Waals surface area (Å²) in [6.07, 6.45) is -4.89. The topological polar surface area (TPSA) is 84.0 Å². The first-order valence-electron chi connectivity index (χ1n) is 9.26. The van der Waals surface area contributed by atoms with E-state index in [9.17, 15) is 18.0 Å². The molecule has 0 bridgehead atoms. The Kier molecular flexibility index (Phi) is 9.57. The second-order valence-electron chi connectivity index (χ2n) is 7.10. The van der Waals surface area contributed by atoms with E-state index in [1.165, 1.54) is 12.1 Å². The van der Waals surface area contributed by atoms with Gasteiger partial charge in [-0.15, -0.1) is 0 Å². The molecule has 0 fully saturated rings. The average molecular weight is 418 g/mol. The van der Waals surface area contributed by atoms with Crippen molar-refractivity contribution in [2.45, 2.75) is 46.0 Å². The zero-order valence-corrected chi connectivity index (χ0v) is 17.2. The molecule has 10 heteroatoms. The molecule has 1 aromatic carbocycles. The van der Waals surface area contributed by atoms with Crippen molar-refractivity contribution in [1.82, 2.24) is 16.0 Å². The van der Waals surface area contributed by atoms with Gasteiger partial charge in [0.2, 0.25) is 0 Å². The molecule has 0 aliphatic carbocycles. The highest BCUT2D eigenvalue weighted by Gasteiger charge is 2.28. The highest BCUT2D eigenvalue weighted by molar-refractivity contribution is 5.79. The quantitative estimate of drug-likeness (QED) is 0.343. The Balaban J connectivity index is 2.52. The van der Waals surface area contributed by atoms with Crippen molar-refractivity contribution in [3.8, 4) is 5.75 Å². The van der Waals surface area contributed by atoms with Gasteiger partial charge in [-0.05, 0) is 45.4 Å². The Morgan fingerprint density at radius 2 is 1.79 bits per heavy atom. The SMILES string of the molecule is CCNC(=NCc1cccc(OCC(F)(F)F)c1)NCCNC(=O)OC(C)(C)C. The van der Waals surface area contributed by atoms with Crippen LogP contribution in [0.3, 0.4) is 0 Å². The van der Waals surface area contributed by atoms with Gasteiger partial charge in [0.1, 0.15) is 11.4 Å². The lowest BCUT2D eigenvalue weighted by Crippen LogP contribution is -2.42. The second kappa shape index (κ2) is 11.4. The molecule has 1 rings (SSSR count). The van der Waals surface area contributed by atoms with Gasteiger partial charge in [0.05, 0.1) is 6.54 Å². The molecule has 0 aliphatic rings. The number of aliphatic imine (C=N–C) groups is 1. The maximum atomic E-state index is 12.3. The zero-order chi connectivity index (χ0) is 21.9. The minimum absolute atomic E-state index is 0.134. The monoisotopic (exact) mass is 418 g/mol. The highest BCUT2D eigenvalue weighted by Crippen LogP contribution is 2.19. The predicted molar refractivity (Wildman–Crippen MR) is 105 cm³/mol. The number of rotatable bonds is 8. The third-order valence-electron chi connectivity index (χ3n) is 3.15. The largest absolute Gasteiger partial charge is 0.484 e. The number of ether oxygens (including phenoxy) is 2. The van der Waals surface area contributed by atoms with Crippen molar-refractivity contribution >= 4 is 12.1 Å². The van der Waals surface area contributed by atoms with Gasteiger partial charge in [-0.1, -0.05) is 12.1 Å². The van der Waals surface area contributed by atoms with Crippen LogP contribution in [-0.2, 0) is 11.3 Å². The van der Waals surface area contributed by atoms with Crippen LogP contribution in [0.1, 0.15) is 33.3 Å².